The van der Waals surface area contributed by atoms with Crippen molar-refractivity contribution >= 4 is 5.91 Å². The van der Waals surface area contributed by atoms with Gasteiger partial charge in [-0.3, -0.25) is 14.4 Å². The summed E-state index contributed by atoms with van der Waals surface area (Å²) in [5.41, 5.74) is 4.49. The number of piperidine rings is 1. The Balaban J connectivity index is 1.26. The smallest absolute Gasteiger partial charge is 0.274 e. The van der Waals surface area contributed by atoms with E-state index in [4.69, 9.17) is 4.74 Å². The molecule has 6 nitrogen and oxygen atoms in total. The van der Waals surface area contributed by atoms with Gasteiger partial charge < -0.3 is 9.64 Å². The molecule has 1 aromatic heterocycles. The van der Waals surface area contributed by atoms with Crippen molar-refractivity contribution in [3.8, 4) is 5.75 Å². The lowest BCUT2D eigenvalue weighted by atomic mass is 9.84. The first-order valence-corrected chi connectivity index (χ1v) is 12.3. The summed E-state index contributed by atoms with van der Waals surface area (Å²) < 4.78 is 7.35. The van der Waals surface area contributed by atoms with E-state index in [1.54, 1.807) is 4.68 Å². The van der Waals surface area contributed by atoms with E-state index in [9.17, 15) is 4.79 Å². The van der Waals surface area contributed by atoms with Crippen molar-refractivity contribution in [2.45, 2.75) is 38.3 Å². The van der Waals surface area contributed by atoms with Gasteiger partial charge in [-0.2, -0.15) is 5.10 Å². The highest BCUT2D eigenvalue weighted by Crippen LogP contribution is 2.30. The Morgan fingerprint density at radius 3 is 2.65 bits per heavy atom. The normalized spacial score (nSPS) is 17.2. The number of carbonyl (C=O) groups excluding carboxylic acids is 1. The van der Waals surface area contributed by atoms with Crippen LogP contribution in [0.1, 0.15) is 40.0 Å². The van der Waals surface area contributed by atoms with E-state index >= 15 is 0 Å². The largest absolute Gasteiger partial charge is 0.493 e. The summed E-state index contributed by atoms with van der Waals surface area (Å²) >= 11 is 0. The van der Waals surface area contributed by atoms with E-state index in [2.05, 4.69) is 52.5 Å². The van der Waals surface area contributed by atoms with Gasteiger partial charge in [0, 0.05) is 39.3 Å². The molecule has 1 fully saturated rings. The monoisotopic (exact) mass is 458 g/mol. The lowest BCUT2D eigenvalue weighted by Gasteiger charge is -2.40. The van der Waals surface area contributed by atoms with Gasteiger partial charge in [0.05, 0.1) is 6.61 Å². The molecule has 0 N–H and O–H groups in total. The van der Waals surface area contributed by atoms with Crippen LogP contribution < -0.4 is 4.74 Å². The lowest BCUT2D eigenvalue weighted by Crippen LogP contribution is -2.47. The summed E-state index contributed by atoms with van der Waals surface area (Å²) in [5.74, 6) is 1.51. The molecule has 0 spiro atoms. The minimum Gasteiger partial charge on any atom is -0.493 e. The van der Waals surface area contributed by atoms with Crippen LogP contribution in [0.25, 0.3) is 0 Å². The number of aromatic nitrogens is 2. The first-order chi connectivity index (χ1) is 16.6. The summed E-state index contributed by atoms with van der Waals surface area (Å²) in [7, 11) is 3.80. The van der Waals surface area contributed by atoms with Crippen LogP contribution in [0.3, 0.4) is 0 Å². The first kappa shape index (κ1) is 22.7. The number of amides is 1. The van der Waals surface area contributed by atoms with Gasteiger partial charge in [-0.25, -0.2) is 0 Å². The molecule has 6 heteroatoms. The zero-order chi connectivity index (χ0) is 23.5. The Hall–Kier alpha value is -3.12. The van der Waals surface area contributed by atoms with Gasteiger partial charge in [0.15, 0.2) is 0 Å². The van der Waals surface area contributed by atoms with Crippen LogP contribution in [0.4, 0.5) is 0 Å². The van der Waals surface area contributed by atoms with Crippen molar-refractivity contribution in [2.75, 3.05) is 26.7 Å². The molecule has 3 aromatic rings. The molecule has 5 rings (SSSR count). The molecular formula is C28H34N4O2. The van der Waals surface area contributed by atoms with Crippen molar-refractivity contribution in [3.63, 3.8) is 0 Å². The predicted octanol–water partition coefficient (Wildman–Crippen LogP) is 3.95. The second-order valence-electron chi connectivity index (χ2n) is 9.70. The number of hydrogen-bond donors (Lipinski definition) is 0. The average molecular weight is 459 g/mol. The molecule has 0 radical (unpaired) electrons. The van der Waals surface area contributed by atoms with Crippen LogP contribution >= 0.6 is 0 Å². The fourth-order valence-electron chi connectivity index (χ4n) is 5.43. The number of aryl methyl sites for hydroxylation is 1. The van der Waals surface area contributed by atoms with Gasteiger partial charge in [0.2, 0.25) is 0 Å². The Morgan fingerprint density at radius 1 is 1.12 bits per heavy atom. The quantitative estimate of drug-likeness (QED) is 0.538. The van der Waals surface area contributed by atoms with E-state index in [1.807, 2.05) is 37.3 Å². The Labute approximate surface area is 202 Å². The zero-order valence-corrected chi connectivity index (χ0v) is 20.2. The number of benzene rings is 2. The Morgan fingerprint density at radius 2 is 1.91 bits per heavy atom. The van der Waals surface area contributed by atoms with E-state index < -0.39 is 0 Å². The second kappa shape index (κ2) is 10.0. The fourth-order valence-corrected chi connectivity index (χ4v) is 5.43. The van der Waals surface area contributed by atoms with Gasteiger partial charge in [0.25, 0.3) is 5.91 Å². The number of ether oxygens (including phenoxy) is 1. The van der Waals surface area contributed by atoms with Crippen LogP contribution in [0.15, 0.2) is 60.8 Å². The minimum atomic E-state index is 0.00400. The van der Waals surface area contributed by atoms with E-state index in [0.29, 0.717) is 11.6 Å². The molecule has 178 valence electrons. The molecule has 1 amide bonds. The lowest BCUT2D eigenvalue weighted by molar-refractivity contribution is 0.0579. The number of likely N-dealkylation sites (tertiary alicyclic amines) is 1. The summed E-state index contributed by atoms with van der Waals surface area (Å²) in [5, 5.41) is 4.36. The van der Waals surface area contributed by atoms with Crippen LogP contribution in [0, 0.1) is 5.92 Å². The predicted molar refractivity (Wildman–Crippen MR) is 133 cm³/mol. The molecule has 3 heterocycles. The highest BCUT2D eigenvalue weighted by atomic mass is 16.5. The van der Waals surface area contributed by atoms with Gasteiger partial charge in [-0.1, -0.05) is 42.5 Å². The number of nitrogens with zero attached hydrogens (tertiary/aromatic N) is 4. The molecule has 2 aliphatic heterocycles. The highest BCUT2D eigenvalue weighted by Gasteiger charge is 2.32. The molecule has 2 aromatic carbocycles. The highest BCUT2D eigenvalue weighted by molar-refractivity contribution is 5.92. The van der Waals surface area contributed by atoms with Crippen molar-refractivity contribution < 1.29 is 9.53 Å². The SMILES string of the molecule is CN(C(=O)c1ccn(C)n1)[C@@H](Cc1ccccc1)C1CCN(Cc2ccc3c(c2)CCO3)CC1. The third-order valence-electron chi connectivity index (χ3n) is 7.37. The molecule has 1 atom stereocenters. The van der Waals surface area contributed by atoms with E-state index in [1.165, 1.54) is 16.7 Å². The van der Waals surface area contributed by atoms with Crippen molar-refractivity contribution in [2.24, 2.45) is 13.0 Å². The van der Waals surface area contributed by atoms with Gasteiger partial charge in [-0.05, 0) is 67.1 Å². The van der Waals surface area contributed by atoms with Crippen molar-refractivity contribution in [1.29, 1.82) is 0 Å². The van der Waals surface area contributed by atoms with Crippen molar-refractivity contribution in [3.05, 3.63) is 83.2 Å². The number of likely N-dealkylation sites (N-methyl/N-ethyl adjacent to an activating group) is 1. The molecule has 0 aliphatic carbocycles. The molecule has 2 aliphatic rings. The summed E-state index contributed by atoms with van der Waals surface area (Å²) in [6.45, 7) is 3.88. The summed E-state index contributed by atoms with van der Waals surface area (Å²) in [4.78, 5) is 17.8. The van der Waals surface area contributed by atoms with Gasteiger partial charge >= 0.3 is 0 Å². The Bertz CT molecular complexity index is 1120. The van der Waals surface area contributed by atoms with Crippen LogP contribution in [-0.2, 0) is 26.4 Å². The number of carbonyl (C=O) groups is 1. The maximum absolute atomic E-state index is 13.3. The maximum Gasteiger partial charge on any atom is 0.274 e. The number of fused-ring (bicyclic) bond motifs is 1. The molecule has 0 saturated carbocycles. The van der Waals surface area contributed by atoms with E-state index in [0.717, 1.165) is 57.7 Å². The fraction of sp³-hybridized carbons (Fsp3) is 0.429. The minimum absolute atomic E-state index is 0.00400. The summed E-state index contributed by atoms with van der Waals surface area (Å²) in [6.07, 6.45) is 5.89. The Kier molecular flexibility index (Phi) is 6.68. The topological polar surface area (TPSA) is 50.6 Å². The van der Waals surface area contributed by atoms with Crippen LogP contribution in [0.2, 0.25) is 0 Å². The second-order valence-corrected chi connectivity index (χ2v) is 9.70. The third kappa shape index (κ3) is 5.02. The molecule has 0 bridgehead atoms. The number of rotatable bonds is 7. The van der Waals surface area contributed by atoms with Gasteiger partial charge in [-0.15, -0.1) is 0 Å². The summed E-state index contributed by atoms with van der Waals surface area (Å²) in [6, 6.07) is 19.1. The third-order valence-corrected chi connectivity index (χ3v) is 7.37. The zero-order valence-electron chi connectivity index (χ0n) is 20.2. The maximum atomic E-state index is 13.3. The van der Waals surface area contributed by atoms with Crippen LogP contribution in [0.5, 0.6) is 5.75 Å². The molecule has 0 unspecified atom stereocenters. The number of hydrogen-bond acceptors (Lipinski definition) is 4. The van der Waals surface area contributed by atoms with Crippen molar-refractivity contribution in [1.82, 2.24) is 19.6 Å². The average Bonchev–Trinajstić information content (AvgIpc) is 3.51. The van der Waals surface area contributed by atoms with Gasteiger partial charge in [0.1, 0.15) is 11.4 Å². The standard InChI is InChI=1S/C28H34N4O2/c1-30-14-12-25(29-30)28(33)31(2)26(19-21-6-4-3-5-7-21)23-10-15-32(16-11-23)20-22-8-9-27-24(18-22)13-17-34-27/h3-9,12,14,18,23,26H,10-11,13,15-17,19-20H2,1-2H3/t26-/m0/s1. The molecular weight excluding hydrogens is 424 g/mol. The molecule has 34 heavy (non-hydrogen) atoms. The first-order valence-electron chi connectivity index (χ1n) is 12.3. The van der Waals surface area contributed by atoms with Crippen LogP contribution in [-0.4, -0.2) is 58.3 Å². The van der Waals surface area contributed by atoms with E-state index in [-0.39, 0.29) is 11.9 Å². The molecule has 1 saturated heterocycles.